The normalized spacial score (nSPS) is 14.1. The van der Waals surface area contributed by atoms with Gasteiger partial charge >= 0.3 is 12.2 Å². The van der Waals surface area contributed by atoms with Crippen molar-refractivity contribution >= 4 is 51.3 Å². The van der Waals surface area contributed by atoms with Gasteiger partial charge in [0, 0.05) is 29.3 Å². The van der Waals surface area contributed by atoms with Crippen LogP contribution < -0.4 is 20.7 Å². The molecule has 0 aromatic heterocycles. The van der Waals surface area contributed by atoms with E-state index in [1.54, 1.807) is 20.8 Å². The first-order valence-corrected chi connectivity index (χ1v) is 20.2. The van der Waals surface area contributed by atoms with Crippen molar-refractivity contribution < 1.29 is 56.1 Å². The number of rotatable bonds is 16. The van der Waals surface area contributed by atoms with Crippen LogP contribution in [0.5, 0.6) is 5.75 Å². The van der Waals surface area contributed by atoms with E-state index in [9.17, 15) is 47.1 Å². The lowest BCUT2D eigenvalue weighted by Gasteiger charge is -2.32. The largest absolute Gasteiger partial charge is 0.514 e. The molecule has 3 amide bonds. The van der Waals surface area contributed by atoms with Gasteiger partial charge in [-0.3, -0.25) is 29.1 Å². The summed E-state index contributed by atoms with van der Waals surface area (Å²) in [6.07, 6.45) is -2.11. The van der Waals surface area contributed by atoms with Crippen LogP contribution in [0.3, 0.4) is 0 Å². The summed E-state index contributed by atoms with van der Waals surface area (Å²) in [5.41, 5.74) is 1.87. The summed E-state index contributed by atoms with van der Waals surface area (Å²) in [4.78, 5) is 75.9. The maximum atomic E-state index is 14.1. The third-order valence-electron chi connectivity index (χ3n) is 10.3. The van der Waals surface area contributed by atoms with Crippen molar-refractivity contribution in [2.24, 2.45) is 11.3 Å². The number of nitro benzene ring substituents is 1. The Kier molecular flexibility index (Phi) is 13.7. The average molecular weight is 845 g/mol. The molecule has 1 aliphatic carbocycles. The minimum absolute atomic E-state index is 0.00423. The molecule has 4 N–H and O–H groups in total. The molecular formula is C42H44N4O13S. The fourth-order valence-electron chi connectivity index (χ4n) is 6.65. The Labute approximate surface area is 345 Å². The predicted molar refractivity (Wildman–Crippen MR) is 217 cm³/mol. The number of Topliss-reactive ketones (excluding diaryl/α,β-unsaturated/α-hetero) is 1. The molecule has 0 aliphatic heterocycles. The van der Waals surface area contributed by atoms with E-state index in [2.05, 4.69) is 16.0 Å². The van der Waals surface area contributed by atoms with Gasteiger partial charge < -0.3 is 30.2 Å². The Morgan fingerprint density at radius 3 is 2.02 bits per heavy atom. The van der Waals surface area contributed by atoms with Crippen molar-refractivity contribution in [1.82, 2.24) is 10.6 Å². The number of ether oxygens (including phenoxy) is 3. The molecule has 60 heavy (non-hydrogen) atoms. The van der Waals surface area contributed by atoms with Crippen molar-refractivity contribution in [3.8, 4) is 16.9 Å². The molecule has 5 rings (SSSR count). The number of nitrogens with one attached hydrogen (secondary N) is 3. The number of hydrogen-bond donors (Lipinski definition) is 4. The fraction of sp³-hybridized carbons (Fsp3) is 0.310. The van der Waals surface area contributed by atoms with E-state index in [1.165, 1.54) is 19.9 Å². The molecule has 1 aliphatic rings. The van der Waals surface area contributed by atoms with Gasteiger partial charge in [-0.05, 0) is 72.7 Å². The van der Waals surface area contributed by atoms with Gasteiger partial charge in [-0.2, -0.15) is 8.42 Å². The number of carbonyl (C=O) groups is 5. The Morgan fingerprint density at radius 1 is 0.867 bits per heavy atom. The van der Waals surface area contributed by atoms with Crippen LogP contribution in [-0.2, 0) is 40.6 Å². The molecule has 0 fully saturated rings. The lowest BCUT2D eigenvalue weighted by Crippen LogP contribution is -2.57. The maximum Gasteiger partial charge on any atom is 0.514 e. The van der Waals surface area contributed by atoms with Crippen LogP contribution in [0.4, 0.5) is 21.0 Å². The van der Waals surface area contributed by atoms with Crippen LogP contribution in [0, 0.1) is 21.4 Å². The molecule has 0 saturated carbocycles. The molecule has 0 saturated heterocycles. The second kappa shape index (κ2) is 18.5. The number of benzene rings is 4. The first-order chi connectivity index (χ1) is 28.3. The number of nitrogens with zero attached hydrogens (tertiary/aromatic N) is 1. The van der Waals surface area contributed by atoms with E-state index < -0.39 is 79.8 Å². The Bertz CT molecular complexity index is 2370. The molecule has 18 heteroatoms. The van der Waals surface area contributed by atoms with Crippen LogP contribution in [0.1, 0.15) is 63.6 Å². The highest BCUT2D eigenvalue weighted by atomic mass is 32.2. The van der Waals surface area contributed by atoms with Crippen LogP contribution in [-0.4, -0.2) is 66.4 Å². The quantitative estimate of drug-likeness (QED) is 0.0234. The SMILES string of the molecule is CC[C@](C)(C(=O)N[C@@H](C)C(=O)Nc1ccc(COC(=O)Oc2ccc([N+](=O)[O-])cc2)c(S(=O)(=O)O)c1)C(=O)C(NC(=O)OCC1c2ccccc2-c2ccccc21)C(C)C. The zero-order valence-electron chi connectivity index (χ0n) is 33.3. The number of nitro groups is 1. The zero-order valence-corrected chi connectivity index (χ0v) is 34.1. The number of non-ortho nitro benzene ring substituents is 1. The average Bonchev–Trinajstić information content (AvgIpc) is 3.53. The van der Waals surface area contributed by atoms with Crippen molar-refractivity contribution in [2.45, 2.75) is 70.5 Å². The number of amides is 3. The number of anilines is 1. The van der Waals surface area contributed by atoms with Crippen molar-refractivity contribution in [2.75, 3.05) is 11.9 Å². The molecule has 3 atom stereocenters. The first-order valence-electron chi connectivity index (χ1n) is 18.8. The maximum absolute atomic E-state index is 14.1. The number of alkyl carbamates (subject to hydrolysis) is 1. The smallest absolute Gasteiger partial charge is 0.449 e. The summed E-state index contributed by atoms with van der Waals surface area (Å²) in [6.45, 7) is 7.10. The highest BCUT2D eigenvalue weighted by Crippen LogP contribution is 2.44. The predicted octanol–water partition coefficient (Wildman–Crippen LogP) is 6.55. The highest BCUT2D eigenvalue weighted by molar-refractivity contribution is 7.85. The summed E-state index contributed by atoms with van der Waals surface area (Å²) < 4.78 is 50.0. The van der Waals surface area contributed by atoms with Crippen LogP contribution in [0.15, 0.2) is 95.9 Å². The standard InChI is InChI=1S/C42H44N4O13S/c1-6-42(5,37(47)36(24(2)3)45-40(50)57-23-34-32-13-9-7-11-30(32)31-12-8-10-14-33(31)34)39(49)43-25(4)38(48)44-27-16-15-26(35(21-27)60(54,55)56)22-58-41(51)59-29-19-17-28(18-20-29)46(52)53/h7-21,24-25,34,36H,6,22-23H2,1-5H3,(H,43,49)(H,44,48)(H,45,50)(H,54,55,56)/t25-,36?,42-/m0/s1. The van der Waals surface area contributed by atoms with E-state index in [4.69, 9.17) is 14.2 Å². The molecule has 17 nitrogen and oxygen atoms in total. The second-order valence-electron chi connectivity index (χ2n) is 14.6. The third-order valence-corrected chi connectivity index (χ3v) is 11.2. The van der Waals surface area contributed by atoms with Gasteiger partial charge in [0.15, 0.2) is 5.78 Å². The number of carbonyl (C=O) groups excluding carboxylic acids is 5. The second-order valence-corrected chi connectivity index (χ2v) is 16.0. The van der Waals surface area contributed by atoms with Gasteiger partial charge in [-0.25, -0.2) is 9.59 Å². The summed E-state index contributed by atoms with van der Waals surface area (Å²) in [6, 6.07) is 21.1. The van der Waals surface area contributed by atoms with Gasteiger partial charge in [0.1, 0.15) is 35.3 Å². The van der Waals surface area contributed by atoms with E-state index in [-0.39, 0.29) is 41.6 Å². The van der Waals surface area contributed by atoms with Gasteiger partial charge in [-0.1, -0.05) is 75.4 Å². The summed E-state index contributed by atoms with van der Waals surface area (Å²) in [5.74, 6) is -2.98. The minimum Gasteiger partial charge on any atom is -0.449 e. The Balaban J connectivity index is 1.19. The topological polar surface area (TPSA) is 247 Å². The van der Waals surface area contributed by atoms with Gasteiger partial charge in [0.05, 0.1) is 11.0 Å². The fourth-order valence-corrected chi connectivity index (χ4v) is 7.39. The number of hydrogen-bond acceptors (Lipinski definition) is 12. The summed E-state index contributed by atoms with van der Waals surface area (Å²) in [7, 11) is -4.93. The van der Waals surface area contributed by atoms with Crippen LogP contribution in [0.2, 0.25) is 0 Å². The summed E-state index contributed by atoms with van der Waals surface area (Å²) >= 11 is 0. The van der Waals surface area contributed by atoms with E-state index in [1.807, 2.05) is 48.5 Å². The Hall–Kier alpha value is -6.66. The highest BCUT2D eigenvalue weighted by Gasteiger charge is 2.45. The molecule has 0 radical (unpaired) electrons. The zero-order chi connectivity index (χ0) is 43.9. The molecule has 0 heterocycles. The van der Waals surface area contributed by atoms with Crippen LogP contribution >= 0.6 is 0 Å². The first kappa shape index (κ1) is 44.4. The monoisotopic (exact) mass is 844 g/mol. The van der Waals surface area contributed by atoms with Crippen molar-refractivity contribution in [3.05, 3.63) is 118 Å². The molecule has 0 bridgehead atoms. The number of fused-ring (bicyclic) bond motifs is 3. The van der Waals surface area contributed by atoms with Gasteiger partial charge in [0.2, 0.25) is 11.8 Å². The number of ketones is 1. The third kappa shape index (κ3) is 10.1. The van der Waals surface area contributed by atoms with Crippen molar-refractivity contribution in [1.29, 1.82) is 0 Å². The molecule has 0 spiro atoms. The molecule has 316 valence electrons. The van der Waals surface area contributed by atoms with Crippen LogP contribution in [0.25, 0.3) is 11.1 Å². The van der Waals surface area contributed by atoms with E-state index in [0.29, 0.717) is 0 Å². The lowest BCUT2D eigenvalue weighted by molar-refractivity contribution is -0.384. The lowest BCUT2D eigenvalue weighted by atomic mass is 9.76. The van der Waals surface area contributed by atoms with Gasteiger partial charge in [0.25, 0.3) is 15.8 Å². The van der Waals surface area contributed by atoms with Crippen molar-refractivity contribution in [3.63, 3.8) is 0 Å². The summed E-state index contributed by atoms with van der Waals surface area (Å²) in [5, 5.41) is 18.5. The molecular weight excluding hydrogens is 801 g/mol. The molecule has 4 aromatic carbocycles. The van der Waals surface area contributed by atoms with Gasteiger partial charge in [-0.15, -0.1) is 0 Å². The van der Waals surface area contributed by atoms with E-state index in [0.717, 1.165) is 58.7 Å². The molecule has 4 aromatic rings. The van der Waals surface area contributed by atoms with E-state index >= 15 is 0 Å². The molecule has 1 unspecified atom stereocenters. The minimum atomic E-state index is -4.93. The Morgan fingerprint density at radius 2 is 1.47 bits per heavy atom.